The summed E-state index contributed by atoms with van der Waals surface area (Å²) in [5.41, 5.74) is 4.33. The van der Waals surface area contributed by atoms with Gasteiger partial charge in [-0.05, 0) is 13.0 Å². The van der Waals surface area contributed by atoms with E-state index in [9.17, 15) is 0 Å². The Kier molecular flexibility index (Phi) is 3.38. The molecule has 4 aromatic rings. The van der Waals surface area contributed by atoms with Crippen LogP contribution in [0.15, 0.2) is 55.0 Å². The van der Waals surface area contributed by atoms with Gasteiger partial charge in [0, 0.05) is 48.2 Å². The maximum Gasteiger partial charge on any atom is 0.103 e. The molecular weight excluding hydrogens is 286 g/mol. The van der Waals surface area contributed by atoms with E-state index in [1.165, 1.54) is 0 Å². The number of aryl methyl sites for hydroxylation is 3. The van der Waals surface area contributed by atoms with Gasteiger partial charge >= 0.3 is 0 Å². The summed E-state index contributed by atoms with van der Waals surface area (Å²) in [6.07, 6.45) is 6.46. The van der Waals surface area contributed by atoms with E-state index in [0.29, 0.717) is 0 Å². The van der Waals surface area contributed by atoms with Crippen molar-refractivity contribution in [2.45, 2.75) is 19.9 Å². The number of nitrogens with one attached hydrogen (secondary N) is 1. The first-order valence-electron chi connectivity index (χ1n) is 7.68. The van der Waals surface area contributed by atoms with Gasteiger partial charge in [-0.1, -0.05) is 30.3 Å². The number of nitrogens with zero attached hydrogens (tertiary/aromatic N) is 4. The lowest BCUT2D eigenvalue weighted by molar-refractivity contribution is 0.631. The Bertz CT molecular complexity index is 936. The molecule has 1 N–H and O–H groups in total. The zero-order chi connectivity index (χ0) is 15.6. The lowest BCUT2D eigenvalue weighted by Crippen LogP contribution is -2.03. The lowest BCUT2D eigenvalue weighted by atomic mass is 10.1. The van der Waals surface area contributed by atoms with E-state index in [1.807, 2.05) is 49.8 Å². The maximum atomic E-state index is 4.82. The smallest absolute Gasteiger partial charge is 0.103 e. The van der Waals surface area contributed by atoms with Gasteiger partial charge in [-0.2, -0.15) is 5.10 Å². The molecule has 0 aliphatic carbocycles. The molecule has 5 heteroatoms. The number of pyridine rings is 1. The zero-order valence-corrected chi connectivity index (χ0v) is 12.9. The second-order valence-corrected chi connectivity index (χ2v) is 5.57. The predicted octanol–water partition coefficient (Wildman–Crippen LogP) is 3.37. The van der Waals surface area contributed by atoms with E-state index in [1.54, 1.807) is 0 Å². The van der Waals surface area contributed by atoms with Gasteiger partial charge in [0.05, 0.1) is 5.52 Å². The highest BCUT2D eigenvalue weighted by atomic mass is 15.3. The number of H-pyrrole nitrogens is 1. The van der Waals surface area contributed by atoms with Crippen molar-refractivity contribution in [2.75, 3.05) is 0 Å². The van der Waals surface area contributed by atoms with Crippen LogP contribution in [0.4, 0.5) is 0 Å². The molecule has 0 atom stereocenters. The monoisotopic (exact) mass is 303 g/mol. The molecule has 114 valence electrons. The minimum atomic E-state index is 0.801. The summed E-state index contributed by atoms with van der Waals surface area (Å²) in [5.74, 6) is 0.944. The molecule has 23 heavy (non-hydrogen) atoms. The molecule has 3 heterocycles. The van der Waals surface area contributed by atoms with Crippen molar-refractivity contribution in [3.8, 4) is 11.3 Å². The van der Waals surface area contributed by atoms with Crippen LogP contribution in [0.2, 0.25) is 0 Å². The molecule has 0 aliphatic rings. The van der Waals surface area contributed by atoms with Crippen LogP contribution >= 0.6 is 0 Å². The first kappa shape index (κ1) is 13.7. The summed E-state index contributed by atoms with van der Waals surface area (Å²) in [5, 5.41) is 5.91. The number of rotatable bonds is 4. The van der Waals surface area contributed by atoms with E-state index in [0.717, 1.165) is 46.6 Å². The molecule has 0 aliphatic heterocycles. The molecule has 0 saturated heterocycles. The van der Waals surface area contributed by atoms with Gasteiger partial charge in [0.1, 0.15) is 11.5 Å². The van der Waals surface area contributed by atoms with Crippen LogP contribution in [0.5, 0.6) is 0 Å². The first-order chi connectivity index (χ1) is 11.3. The molecule has 3 aromatic heterocycles. The number of hydrogen-bond donors (Lipinski definition) is 1. The van der Waals surface area contributed by atoms with Gasteiger partial charge in [0.2, 0.25) is 0 Å². The van der Waals surface area contributed by atoms with E-state index in [-0.39, 0.29) is 0 Å². The third-order valence-electron chi connectivity index (χ3n) is 3.95. The normalized spacial score (nSPS) is 11.2. The van der Waals surface area contributed by atoms with Crippen molar-refractivity contribution in [3.05, 3.63) is 66.5 Å². The highest BCUT2D eigenvalue weighted by molar-refractivity contribution is 5.92. The van der Waals surface area contributed by atoms with E-state index in [4.69, 9.17) is 5.10 Å². The summed E-state index contributed by atoms with van der Waals surface area (Å²) >= 11 is 0. The molecule has 0 bridgehead atoms. The molecule has 5 nitrogen and oxygen atoms in total. The minimum Gasteiger partial charge on any atom is -0.346 e. The van der Waals surface area contributed by atoms with Crippen LogP contribution in [0.1, 0.15) is 11.5 Å². The Balaban J connectivity index is 1.72. The second-order valence-electron chi connectivity index (χ2n) is 5.57. The van der Waals surface area contributed by atoms with Crippen LogP contribution in [0, 0.1) is 6.92 Å². The van der Waals surface area contributed by atoms with Gasteiger partial charge in [-0.15, -0.1) is 0 Å². The van der Waals surface area contributed by atoms with Crippen molar-refractivity contribution in [1.29, 1.82) is 0 Å². The van der Waals surface area contributed by atoms with Crippen molar-refractivity contribution in [3.63, 3.8) is 0 Å². The molecule has 4 rings (SSSR count). The highest BCUT2D eigenvalue weighted by Crippen LogP contribution is 2.27. The van der Waals surface area contributed by atoms with Gasteiger partial charge in [-0.25, -0.2) is 4.98 Å². The number of fused-ring (bicyclic) bond motifs is 1. The quantitative estimate of drug-likeness (QED) is 0.629. The van der Waals surface area contributed by atoms with Crippen molar-refractivity contribution in [2.24, 2.45) is 0 Å². The molecular formula is C18H17N5. The fourth-order valence-corrected chi connectivity index (χ4v) is 2.83. The third kappa shape index (κ3) is 2.61. The van der Waals surface area contributed by atoms with Crippen molar-refractivity contribution in [1.82, 2.24) is 24.7 Å². The summed E-state index contributed by atoms with van der Waals surface area (Å²) in [7, 11) is 0. The van der Waals surface area contributed by atoms with Crippen LogP contribution in [-0.4, -0.2) is 24.7 Å². The number of hydrogen-bond acceptors (Lipinski definition) is 3. The Morgan fingerprint density at radius 1 is 1.09 bits per heavy atom. The lowest BCUT2D eigenvalue weighted by Gasteiger charge is -2.01. The van der Waals surface area contributed by atoms with Crippen LogP contribution in [0.25, 0.3) is 22.2 Å². The topological polar surface area (TPSA) is 59.4 Å². The summed E-state index contributed by atoms with van der Waals surface area (Å²) in [4.78, 5) is 11.8. The summed E-state index contributed by atoms with van der Waals surface area (Å²) in [6, 6.07) is 12.3. The Morgan fingerprint density at radius 2 is 1.96 bits per heavy atom. The molecule has 1 aromatic carbocycles. The summed E-state index contributed by atoms with van der Waals surface area (Å²) < 4.78 is 2.05. The molecule has 0 spiro atoms. The molecule has 0 unspecified atom stereocenters. The Hall–Kier alpha value is -2.95. The minimum absolute atomic E-state index is 0.801. The SMILES string of the molecule is Cc1ncc(CCn2nc(-c3ccccc3)c3cnccc32)[nH]1. The maximum absolute atomic E-state index is 4.82. The van der Waals surface area contributed by atoms with Gasteiger partial charge in [0.25, 0.3) is 0 Å². The van der Waals surface area contributed by atoms with E-state index < -0.39 is 0 Å². The second kappa shape index (κ2) is 5.68. The van der Waals surface area contributed by atoms with Gasteiger partial charge < -0.3 is 4.98 Å². The standard InChI is InChI=1S/C18H17N5/c1-13-20-11-15(21-13)8-10-23-17-7-9-19-12-16(17)18(22-23)14-5-3-2-4-6-14/h2-7,9,11-12H,8,10H2,1H3,(H,20,21). The average molecular weight is 303 g/mol. The fourth-order valence-electron chi connectivity index (χ4n) is 2.83. The van der Waals surface area contributed by atoms with Gasteiger partial charge in [0.15, 0.2) is 0 Å². The number of aromatic amines is 1. The largest absolute Gasteiger partial charge is 0.346 e. The van der Waals surface area contributed by atoms with E-state index >= 15 is 0 Å². The molecule has 0 amide bonds. The fraction of sp³-hybridized carbons (Fsp3) is 0.167. The first-order valence-corrected chi connectivity index (χ1v) is 7.68. The van der Waals surface area contributed by atoms with Crippen LogP contribution in [-0.2, 0) is 13.0 Å². The predicted molar refractivity (Wildman–Crippen MR) is 90.0 cm³/mol. The van der Waals surface area contributed by atoms with Crippen molar-refractivity contribution < 1.29 is 0 Å². The van der Waals surface area contributed by atoms with Gasteiger partial charge in [-0.3, -0.25) is 9.67 Å². The Morgan fingerprint density at radius 3 is 2.74 bits per heavy atom. The van der Waals surface area contributed by atoms with Crippen molar-refractivity contribution >= 4 is 10.9 Å². The highest BCUT2D eigenvalue weighted by Gasteiger charge is 2.12. The average Bonchev–Trinajstić information content (AvgIpc) is 3.17. The Labute approximate surface area is 134 Å². The van der Waals surface area contributed by atoms with Crippen LogP contribution in [0.3, 0.4) is 0 Å². The molecule has 0 fully saturated rings. The zero-order valence-electron chi connectivity index (χ0n) is 12.9. The number of aromatic nitrogens is 5. The number of imidazole rings is 1. The summed E-state index contributed by atoms with van der Waals surface area (Å²) in [6.45, 7) is 2.76. The third-order valence-corrected chi connectivity index (χ3v) is 3.95. The number of benzene rings is 1. The molecule has 0 radical (unpaired) electrons. The van der Waals surface area contributed by atoms with E-state index in [2.05, 4.69) is 31.8 Å². The molecule has 0 saturated carbocycles. The van der Waals surface area contributed by atoms with Crippen LogP contribution < -0.4 is 0 Å².